The number of aromatic nitrogens is 2. The van der Waals surface area contributed by atoms with E-state index in [9.17, 15) is 0 Å². The smallest absolute Gasteiger partial charge is 0.121 e. The molecule has 2 aliphatic rings. The first-order valence-corrected chi connectivity index (χ1v) is 23.7. The van der Waals surface area contributed by atoms with Crippen LogP contribution in [0.15, 0.2) is 108 Å². The number of fused-ring (bicyclic) bond motifs is 3. The Labute approximate surface area is 353 Å². The summed E-state index contributed by atoms with van der Waals surface area (Å²) in [7, 11) is -1.30. The van der Waals surface area contributed by atoms with E-state index in [1.807, 2.05) is 30.5 Å². The second-order valence-corrected chi connectivity index (χ2v) is 21.7. The van der Waals surface area contributed by atoms with Crippen molar-refractivity contribution in [3.05, 3.63) is 138 Å². The van der Waals surface area contributed by atoms with Gasteiger partial charge in [0.2, 0.25) is 0 Å². The second kappa shape index (κ2) is 17.5. The van der Waals surface area contributed by atoms with Crippen molar-refractivity contribution in [2.24, 2.45) is 5.92 Å². The topological polar surface area (TPSA) is 38.9 Å². The van der Waals surface area contributed by atoms with Crippen molar-refractivity contribution in [3.8, 4) is 33.6 Å². The van der Waals surface area contributed by atoms with Crippen LogP contribution in [0.3, 0.4) is 0 Å². The van der Waals surface area contributed by atoms with Gasteiger partial charge in [-0.15, -0.1) is 59.2 Å². The Morgan fingerprint density at radius 2 is 1.48 bits per heavy atom. The van der Waals surface area contributed by atoms with Crippen LogP contribution in [0.2, 0.25) is 19.6 Å². The summed E-state index contributed by atoms with van der Waals surface area (Å²) in [5.41, 5.74) is 12.0. The molecule has 0 atom stereocenters. The van der Waals surface area contributed by atoms with Crippen LogP contribution < -0.4 is 5.19 Å². The minimum atomic E-state index is -1.34. The molecule has 0 unspecified atom stereocenters. The van der Waals surface area contributed by atoms with Crippen molar-refractivity contribution in [2.75, 3.05) is 0 Å². The van der Waals surface area contributed by atoms with Gasteiger partial charge < -0.3 is 14.4 Å². The largest absolute Gasteiger partial charge is 0.500 e. The van der Waals surface area contributed by atoms with Crippen LogP contribution in [0.5, 0.6) is 0 Å². The fraction of sp³-hybridized carbons (Fsp3) is 0.333. The molecule has 3 heterocycles. The summed E-state index contributed by atoms with van der Waals surface area (Å²) in [6.07, 6.45) is 12.1. The van der Waals surface area contributed by atoms with Gasteiger partial charge in [0.05, 0.1) is 13.7 Å². The molecule has 2 aliphatic carbocycles. The van der Waals surface area contributed by atoms with Gasteiger partial charge in [-0.1, -0.05) is 143 Å². The molecule has 9 rings (SSSR count). The second-order valence-electron chi connectivity index (χ2n) is 16.6. The summed E-state index contributed by atoms with van der Waals surface area (Å²) < 4.78 is 32.5. The Morgan fingerprint density at radius 3 is 2.18 bits per heavy atom. The minimum absolute atomic E-state index is 0. The summed E-state index contributed by atoms with van der Waals surface area (Å²) in [6.45, 7) is 11.3. The number of hydrogen-bond donors (Lipinski definition) is 0. The van der Waals surface area contributed by atoms with Gasteiger partial charge >= 0.3 is 0 Å². The molecule has 0 saturated heterocycles. The van der Waals surface area contributed by atoms with Gasteiger partial charge in [0.15, 0.2) is 0 Å². The predicted molar refractivity (Wildman–Crippen MR) is 234 cm³/mol. The van der Waals surface area contributed by atoms with Crippen LogP contribution in [-0.2, 0) is 26.5 Å². The number of rotatable bonds is 7. The van der Waals surface area contributed by atoms with Gasteiger partial charge in [0.1, 0.15) is 5.58 Å². The molecule has 289 valence electrons. The van der Waals surface area contributed by atoms with Gasteiger partial charge in [-0.05, 0) is 77.1 Å². The number of furan rings is 1. The molecule has 2 saturated carbocycles. The molecule has 7 aromatic rings. The molecule has 0 bridgehead atoms. The fourth-order valence-corrected chi connectivity index (χ4v) is 9.37. The molecular weight excluding hydrogens is 877 g/mol. The van der Waals surface area contributed by atoms with E-state index < -0.39 is 20.3 Å². The SMILES string of the molecule is [2H]C([2H])(c1ccnc(-c2[c-]cc3oc4cc(-c5c(C)cccc5C)ccc4c3c2)c1)C1CCCC1.[2H]C1(c2c[c-]c(-c3ccc([Si](C)(C)C)cn3)cc2)CCCCC1.[Ir]. The van der Waals surface area contributed by atoms with Gasteiger partial charge in [0.25, 0.3) is 0 Å². The first kappa shape index (κ1) is 36.2. The zero-order valence-corrected chi connectivity index (χ0v) is 36.8. The molecule has 3 aromatic heterocycles. The molecule has 4 aromatic carbocycles. The third-order valence-corrected chi connectivity index (χ3v) is 13.5. The molecule has 0 aliphatic heterocycles. The Kier molecular flexibility index (Phi) is 11.3. The Morgan fingerprint density at radius 1 is 0.732 bits per heavy atom. The van der Waals surface area contributed by atoms with Crippen LogP contribution >= 0.6 is 0 Å². The van der Waals surface area contributed by atoms with Gasteiger partial charge in [-0.25, -0.2) is 0 Å². The van der Waals surface area contributed by atoms with Crippen molar-refractivity contribution < 1.29 is 28.6 Å². The van der Waals surface area contributed by atoms with E-state index >= 15 is 0 Å². The molecule has 1 radical (unpaired) electrons. The average molecular weight is 934 g/mol. The molecule has 0 amide bonds. The van der Waals surface area contributed by atoms with E-state index in [0.29, 0.717) is 5.56 Å². The van der Waals surface area contributed by atoms with Crippen LogP contribution in [0.4, 0.5) is 0 Å². The summed E-state index contributed by atoms with van der Waals surface area (Å²) in [6, 6.07) is 37.7. The number of nitrogens with zero attached hydrogens (tertiary/aromatic N) is 2. The van der Waals surface area contributed by atoms with E-state index in [0.717, 1.165) is 94.1 Å². The van der Waals surface area contributed by atoms with Gasteiger partial charge in [-0.2, -0.15) is 0 Å². The summed E-state index contributed by atoms with van der Waals surface area (Å²) >= 11 is 0. The minimum Gasteiger partial charge on any atom is -0.500 e. The van der Waals surface area contributed by atoms with Crippen molar-refractivity contribution in [2.45, 2.75) is 104 Å². The Bertz CT molecular complexity index is 2530. The van der Waals surface area contributed by atoms with Crippen LogP contribution in [-0.4, -0.2) is 18.0 Å². The van der Waals surface area contributed by atoms with Crippen LogP contribution in [0, 0.1) is 31.9 Å². The average Bonchev–Trinajstić information content (AvgIpc) is 3.90. The number of benzene rings is 4. The Balaban J connectivity index is 0.000000192. The summed E-state index contributed by atoms with van der Waals surface area (Å²) in [5.74, 6) is -0.323. The van der Waals surface area contributed by atoms with Crippen LogP contribution in [0.1, 0.15) is 90.0 Å². The van der Waals surface area contributed by atoms with Crippen molar-refractivity contribution >= 4 is 35.2 Å². The third-order valence-electron chi connectivity index (χ3n) is 11.5. The molecule has 5 heteroatoms. The van der Waals surface area contributed by atoms with Crippen molar-refractivity contribution in [1.82, 2.24) is 9.97 Å². The molecule has 56 heavy (non-hydrogen) atoms. The van der Waals surface area contributed by atoms with Gasteiger partial charge in [-0.3, -0.25) is 0 Å². The number of pyridine rings is 2. The predicted octanol–water partition coefficient (Wildman–Crippen LogP) is 13.6. The van der Waals surface area contributed by atoms with E-state index in [2.05, 4.69) is 122 Å². The maximum atomic E-state index is 8.77. The molecule has 0 N–H and O–H groups in total. The van der Waals surface area contributed by atoms with E-state index in [1.165, 1.54) is 41.1 Å². The molecule has 2 fully saturated rings. The molecule has 0 spiro atoms. The standard InChI is InChI=1S/C31H28NO.C20H26NSi.Ir/c1-20-6-5-7-21(2)31(20)25-10-12-26-27-18-24(11-13-29(27)33-30(26)19-25)28-17-23(14-15-32-28)16-22-8-3-4-9-22;1-22(2,3)19-13-14-20(21-15-19)18-11-9-17(10-12-18)16-7-5-4-6-8-16;/h5-7,10,12-15,17-19,22H,3-4,8-9,16H2,1-2H3;9-11,13-16H,4-8H2,1-3H3;/q2*-1;/i16D2;16D;. The third kappa shape index (κ3) is 9.02. The first-order valence-electron chi connectivity index (χ1n) is 21.7. The van der Waals surface area contributed by atoms with Crippen molar-refractivity contribution in [3.63, 3.8) is 0 Å². The number of aryl methyl sites for hydroxylation is 2. The van der Waals surface area contributed by atoms with E-state index in [4.69, 9.17) is 8.53 Å². The zero-order valence-electron chi connectivity index (χ0n) is 36.4. The van der Waals surface area contributed by atoms with E-state index in [1.54, 1.807) is 6.20 Å². The first-order chi connectivity index (χ1) is 27.8. The quantitative estimate of drug-likeness (QED) is 0.118. The molecule has 3 nitrogen and oxygen atoms in total. The molecular formula is C51H54IrN2OSi-2. The normalized spacial score (nSPS) is 16.7. The van der Waals surface area contributed by atoms with Crippen molar-refractivity contribution in [1.29, 1.82) is 0 Å². The summed E-state index contributed by atoms with van der Waals surface area (Å²) in [5, 5.41) is 3.46. The fourth-order valence-electron chi connectivity index (χ4n) is 8.34. The maximum Gasteiger partial charge on any atom is 0.121 e. The van der Waals surface area contributed by atoms with Crippen LogP contribution in [0.25, 0.3) is 55.6 Å². The Hall–Kier alpha value is -4.15. The monoisotopic (exact) mass is 934 g/mol. The van der Waals surface area contributed by atoms with E-state index in [-0.39, 0.29) is 26.0 Å². The van der Waals surface area contributed by atoms with Gasteiger partial charge in [0, 0.05) is 42.0 Å². The zero-order chi connectivity index (χ0) is 40.7. The maximum absolute atomic E-state index is 8.77. The summed E-state index contributed by atoms with van der Waals surface area (Å²) in [4.78, 5) is 9.20. The number of hydrogen-bond acceptors (Lipinski definition) is 3.